The average molecular weight is 1640 g/mol. The molecular weight excluding hydrogens is 1500 g/mol. The molecule has 24 nitrogen and oxygen atoms in total. The molecule has 112 heavy (non-hydrogen) atoms. The fourth-order valence-corrected chi connectivity index (χ4v) is 24.1. The van der Waals surface area contributed by atoms with E-state index in [-0.39, 0.29) is 74.9 Å². The van der Waals surface area contributed by atoms with Crippen LogP contribution < -0.4 is 40.2 Å². The summed E-state index contributed by atoms with van der Waals surface area (Å²) in [5.41, 5.74) is 6.46. The number of fused-ring (bicyclic) bond motifs is 8. The summed E-state index contributed by atoms with van der Waals surface area (Å²) in [6, 6.07) is 18.3. The van der Waals surface area contributed by atoms with Gasteiger partial charge in [-0.15, -0.1) is 0 Å². The molecule has 8 bridgehead atoms. The van der Waals surface area contributed by atoms with Crippen molar-refractivity contribution in [2.24, 2.45) is 0 Å². The van der Waals surface area contributed by atoms with Crippen LogP contribution in [0.25, 0.3) is 0 Å². The Morgan fingerprint density at radius 3 is 0.509 bits per heavy atom. The Hall–Kier alpha value is -5.65. The highest BCUT2D eigenvalue weighted by molar-refractivity contribution is 6.61. The van der Waals surface area contributed by atoms with E-state index in [2.05, 4.69) is 153 Å². The van der Waals surface area contributed by atoms with Gasteiger partial charge in [0.2, 0.25) is 0 Å². The third-order valence-electron chi connectivity index (χ3n) is 18.8. The van der Waals surface area contributed by atoms with E-state index in [4.69, 9.17) is 72.1 Å². The Morgan fingerprint density at radius 2 is 0.393 bits per heavy atom. The second-order valence-electron chi connectivity index (χ2n) is 31.8. The zero-order chi connectivity index (χ0) is 83.1. The van der Waals surface area contributed by atoms with E-state index < -0.39 is 81.3 Å². The molecule has 4 amide bonds. The van der Waals surface area contributed by atoms with Crippen LogP contribution in [0.2, 0.25) is 24.2 Å². The first-order valence-electron chi connectivity index (χ1n) is 41.1. The maximum atomic E-state index is 15.1. The standard InChI is InChI=1S/C84H140N4O20Si4/c1-25-93-109(94-26-2,95-27-3)45-37-41-85-77(89)105-73-61-49-63-55-70(82(16,17)18)57-65(74(63)106-78(90)86-42-38-46-110(96-28-4,97-29-5)98-30-6)51-67-59-72(84(22,23)24)60-68(76(67)108-80(92)88-44-40-48-112(102-34-10,103-35-11)104-36-12)52-66-58-71(83(19,20)21)56-64(50-62(73)54-69(53-61)81(13,14)15)75(66)107-79(91)87-43-39-47-111(99-31-7,100-32-8)101-33-9/h53-60H,25-52H2,1-24H3,(H,85,89)(H,86,90)(H,87,91)(H,88,92). The quantitative estimate of drug-likeness (QED) is 0.0209. The van der Waals surface area contributed by atoms with E-state index in [0.717, 1.165) is 22.3 Å². The Morgan fingerprint density at radius 1 is 0.259 bits per heavy atom. The minimum Gasteiger partial charge on any atom is -0.410 e. The molecule has 0 aromatic heterocycles. The van der Waals surface area contributed by atoms with E-state index in [0.29, 0.717) is 174 Å². The summed E-state index contributed by atoms with van der Waals surface area (Å²) in [4.78, 5) is 60.2. The van der Waals surface area contributed by atoms with Gasteiger partial charge in [-0.2, -0.15) is 0 Å². The van der Waals surface area contributed by atoms with Gasteiger partial charge in [-0.25, -0.2) is 19.2 Å². The van der Waals surface area contributed by atoms with Crippen LogP contribution in [0.1, 0.15) is 259 Å². The second-order valence-corrected chi connectivity index (χ2v) is 42.7. The fourth-order valence-electron chi connectivity index (χ4n) is 13.6. The van der Waals surface area contributed by atoms with Gasteiger partial charge < -0.3 is 93.3 Å². The van der Waals surface area contributed by atoms with Crippen molar-refractivity contribution in [1.29, 1.82) is 0 Å². The first kappa shape index (κ1) is 96.9. The topological polar surface area (TPSA) is 264 Å². The van der Waals surface area contributed by atoms with Gasteiger partial charge in [0, 0.05) is 200 Å². The third-order valence-corrected chi connectivity index (χ3v) is 31.4. The molecular formula is C84H140N4O20Si4. The first-order chi connectivity index (χ1) is 53.0. The smallest absolute Gasteiger partial charge is 0.410 e. The van der Waals surface area contributed by atoms with Crippen LogP contribution in [-0.4, -0.2) is 165 Å². The molecule has 1 aliphatic carbocycles. The first-order valence-corrected chi connectivity index (χ1v) is 48.9. The third kappa shape index (κ3) is 29.5. The van der Waals surface area contributed by atoms with Crippen LogP contribution in [0, 0.1) is 0 Å². The van der Waals surface area contributed by atoms with Gasteiger partial charge in [-0.3, -0.25) is 0 Å². The summed E-state index contributed by atoms with van der Waals surface area (Å²) in [7, 11) is -12.4. The summed E-state index contributed by atoms with van der Waals surface area (Å²) < 4.78 is 102. The Bertz CT molecular complexity index is 2990. The molecule has 0 radical (unpaired) electrons. The van der Waals surface area contributed by atoms with Crippen molar-refractivity contribution in [3.8, 4) is 23.0 Å². The molecule has 0 atom stereocenters. The summed E-state index contributed by atoms with van der Waals surface area (Å²) >= 11 is 0. The zero-order valence-corrected chi connectivity index (χ0v) is 76.6. The van der Waals surface area contributed by atoms with Gasteiger partial charge in [0.05, 0.1) is 0 Å². The number of ether oxygens (including phenoxy) is 4. The lowest BCUT2D eigenvalue weighted by atomic mass is 9.79. The van der Waals surface area contributed by atoms with Crippen LogP contribution in [0.3, 0.4) is 0 Å². The molecule has 4 aromatic carbocycles. The normalized spacial score (nSPS) is 13.2. The van der Waals surface area contributed by atoms with Crippen molar-refractivity contribution < 1.29 is 91.2 Å². The van der Waals surface area contributed by atoms with Crippen molar-refractivity contribution in [3.63, 3.8) is 0 Å². The number of benzene rings is 4. The van der Waals surface area contributed by atoms with Crippen molar-refractivity contribution in [2.75, 3.05) is 105 Å². The largest absolute Gasteiger partial charge is 0.500 e. The van der Waals surface area contributed by atoms with E-state index >= 15 is 19.2 Å². The summed E-state index contributed by atoms with van der Waals surface area (Å²) in [5, 5.41) is 12.3. The Labute approximate surface area is 675 Å². The molecule has 0 saturated carbocycles. The van der Waals surface area contributed by atoms with Crippen LogP contribution in [0.15, 0.2) is 48.5 Å². The summed E-state index contributed by atoms with van der Waals surface area (Å²) in [5.74, 6) is 1.04. The molecule has 0 aliphatic heterocycles. The molecule has 1 aliphatic rings. The minimum absolute atomic E-state index is 0.0631. The Kier molecular flexibility index (Phi) is 39.6. The zero-order valence-electron chi connectivity index (χ0n) is 72.6. The fraction of sp³-hybridized carbons (Fsp3) is 0.667. The maximum Gasteiger partial charge on any atom is 0.500 e. The maximum absolute atomic E-state index is 15.1. The van der Waals surface area contributed by atoms with Gasteiger partial charge in [0.1, 0.15) is 23.0 Å². The van der Waals surface area contributed by atoms with Gasteiger partial charge >= 0.3 is 59.6 Å². The lowest BCUT2D eigenvalue weighted by Gasteiger charge is -2.29. The second kappa shape index (κ2) is 45.7. The molecule has 0 saturated heterocycles. The molecule has 28 heteroatoms. The minimum atomic E-state index is -3.10. The lowest BCUT2D eigenvalue weighted by Crippen LogP contribution is -2.46. The number of amides is 4. The van der Waals surface area contributed by atoms with E-state index in [1.807, 2.05) is 83.1 Å². The number of carbonyl (C=O) groups is 4. The van der Waals surface area contributed by atoms with E-state index in [9.17, 15) is 0 Å². The van der Waals surface area contributed by atoms with Gasteiger partial charge in [0.25, 0.3) is 0 Å². The number of nitrogens with one attached hydrogen (secondary N) is 4. The number of hydrogen-bond acceptors (Lipinski definition) is 20. The molecule has 5 rings (SSSR count). The predicted molar refractivity (Wildman–Crippen MR) is 448 cm³/mol. The highest BCUT2D eigenvalue weighted by atomic mass is 28.4. The van der Waals surface area contributed by atoms with Crippen LogP contribution >= 0.6 is 0 Å². The Balaban J connectivity index is 1.96. The SMILES string of the molecule is CCO[Si](CCCNC(=O)Oc1c2cc(C(C)(C)C)cc1Cc1cc(C(C)(C)C)cc(c1OC(=O)NCCC[Si](OCC)(OCC)OCC)Cc1cc(C(C)(C)C)cc(c1OC(=O)NCCC[Si](OCC)(OCC)OCC)Cc1cc(C(C)(C)C)cc(c1OC(=O)NCCC[Si](OCC)(OCC)OCC)C2)(OCC)OCC. The summed E-state index contributed by atoms with van der Waals surface area (Å²) in [6.45, 7) is 54.1. The van der Waals surface area contributed by atoms with E-state index in [1.54, 1.807) is 0 Å². The predicted octanol–water partition coefficient (Wildman–Crippen LogP) is 17.7. The van der Waals surface area contributed by atoms with Gasteiger partial charge in [-0.1, -0.05) is 132 Å². The summed E-state index contributed by atoms with van der Waals surface area (Å²) in [6.07, 6.45) is -0.771. The number of rotatable bonds is 44. The van der Waals surface area contributed by atoms with Crippen LogP contribution in [0.4, 0.5) is 19.2 Å². The van der Waals surface area contributed by atoms with Crippen molar-refractivity contribution in [3.05, 3.63) is 115 Å². The van der Waals surface area contributed by atoms with Crippen LogP contribution in [0.5, 0.6) is 23.0 Å². The van der Waals surface area contributed by atoms with Gasteiger partial charge in [-0.05, 0) is 153 Å². The van der Waals surface area contributed by atoms with Crippen molar-refractivity contribution in [1.82, 2.24) is 21.3 Å². The highest BCUT2D eigenvalue weighted by Crippen LogP contribution is 2.45. The van der Waals surface area contributed by atoms with Crippen molar-refractivity contribution in [2.45, 2.75) is 263 Å². The number of hydrogen-bond donors (Lipinski definition) is 4. The van der Waals surface area contributed by atoms with E-state index in [1.165, 1.54) is 0 Å². The molecule has 0 fully saturated rings. The highest BCUT2D eigenvalue weighted by Gasteiger charge is 2.44. The number of carbonyl (C=O) groups excluding carboxylic acids is 4. The van der Waals surface area contributed by atoms with Crippen LogP contribution in [-0.2, 0) is 100 Å². The molecule has 0 unspecified atom stereocenters. The van der Waals surface area contributed by atoms with Gasteiger partial charge in [0.15, 0.2) is 0 Å². The molecule has 4 N–H and O–H groups in total. The average Bonchev–Trinajstić information content (AvgIpc) is 0.760. The molecule has 632 valence electrons. The monoisotopic (exact) mass is 1640 g/mol. The van der Waals surface area contributed by atoms with Crippen molar-refractivity contribution >= 4 is 59.6 Å². The molecule has 0 spiro atoms. The lowest BCUT2D eigenvalue weighted by molar-refractivity contribution is 0.0700. The molecule has 4 aromatic rings. The molecule has 0 heterocycles.